The molecule has 0 bridgehead atoms. The summed E-state index contributed by atoms with van der Waals surface area (Å²) in [7, 11) is 1.35. The van der Waals surface area contributed by atoms with E-state index in [2.05, 4.69) is 14.2 Å². The van der Waals surface area contributed by atoms with Crippen LogP contribution in [0.3, 0.4) is 0 Å². The molecule has 0 atom stereocenters. The van der Waals surface area contributed by atoms with E-state index in [1.165, 1.54) is 7.11 Å². The van der Waals surface area contributed by atoms with E-state index < -0.39 is 23.7 Å². The number of ether oxygens (including phenoxy) is 6. The van der Waals surface area contributed by atoms with Crippen molar-refractivity contribution in [1.82, 2.24) is 0 Å². The molecule has 0 aliphatic carbocycles. The van der Waals surface area contributed by atoms with Crippen molar-refractivity contribution >= 4 is 35.8 Å². The van der Waals surface area contributed by atoms with Crippen LogP contribution in [0.2, 0.25) is 0 Å². The molecular formula is C22H40O12. The Bertz CT molecular complexity index is 574. The molecule has 0 spiro atoms. The van der Waals surface area contributed by atoms with Gasteiger partial charge in [0.05, 0.1) is 19.4 Å². The van der Waals surface area contributed by atoms with E-state index in [9.17, 15) is 28.8 Å². The summed E-state index contributed by atoms with van der Waals surface area (Å²) < 4.78 is 28.1. The zero-order valence-electron chi connectivity index (χ0n) is 18.8. The van der Waals surface area contributed by atoms with E-state index in [-0.39, 0.29) is 72.9 Å². The number of aldehydes is 1. The smallest absolute Gasteiger partial charge is 0.332 e. The van der Waals surface area contributed by atoms with Crippen LogP contribution in [-0.2, 0) is 57.2 Å². The maximum atomic E-state index is 11.3. The Morgan fingerprint density at radius 1 is 0.647 bits per heavy atom. The maximum Gasteiger partial charge on any atom is 0.332 e. The molecule has 0 aromatic carbocycles. The van der Waals surface area contributed by atoms with Crippen LogP contribution < -0.4 is 0 Å². The fraction of sp³-hybridized carbons (Fsp3) is 0.727. The first-order chi connectivity index (χ1) is 15.3. The van der Waals surface area contributed by atoms with Crippen molar-refractivity contribution in [3.8, 4) is 0 Å². The van der Waals surface area contributed by atoms with Crippen molar-refractivity contribution in [1.29, 1.82) is 0 Å². The van der Waals surface area contributed by atoms with Gasteiger partial charge >= 0.3 is 17.9 Å². The van der Waals surface area contributed by atoms with Crippen LogP contribution in [0.25, 0.3) is 0 Å². The molecule has 0 fully saturated rings. The second-order valence-electron chi connectivity index (χ2n) is 5.76. The summed E-state index contributed by atoms with van der Waals surface area (Å²) in [6.07, 6.45) is 0.196. The van der Waals surface area contributed by atoms with Crippen molar-refractivity contribution in [2.45, 2.75) is 48.0 Å². The van der Waals surface area contributed by atoms with E-state index in [4.69, 9.17) is 14.2 Å². The Kier molecular flexibility index (Phi) is 32.1. The zero-order valence-corrected chi connectivity index (χ0v) is 18.8. The van der Waals surface area contributed by atoms with Gasteiger partial charge in [0.2, 0.25) is 0 Å². The van der Waals surface area contributed by atoms with Gasteiger partial charge in [-0.3, -0.25) is 14.4 Å². The normalized spacial score (nSPS) is 9.15. The third-order valence-electron chi connectivity index (χ3n) is 3.09. The lowest BCUT2D eigenvalue weighted by Gasteiger charge is -2.05. The van der Waals surface area contributed by atoms with Crippen LogP contribution in [0, 0.1) is 0 Å². The molecule has 0 aromatic heterocycles. The van der Waals surface area contributed by atoms with Crippen LogP contribution in [0.5, 0.6) is 0 Å². The summed E-state index contributed by atoms with van der Waals surface area (Å²) in [5.74, 6) is -2.45. The van der Waals surface area contributed by atoms with Gasteiger partial charge in [-0.2, -0.15) is 0 Å². The first-order valence-electron chi connectivity index (χ1n) is 9.88. The van der Waals surface area contributed by atoms with Gasteiger partial charge in [-0.15, -0.1) is 0 Å². The Labute approximate surface area is 201 Å². The lowest BCUT2D eigenvalue weighted by atomic mass is 10.2. The summed E-state index contributed by atoms with van der Waals surface area (Å²) in [5, 5.41) is 0. The van der Waals surface area contributed by atoms with E-state index in [0.29, 0.717) is 26.1 Å². The molecule has 34 heavy (non-hydrogen) atoms. The van der Waals surface area contributed by atoms with Gasteiger partial charge in [-0.1, -0.05) is 14.9 Å². The fourth-order valence-corrected chi connectivity index (χ4v) is 1.61. The second kappa shape index (κ2) is 28.3. The molecule has 200 valence electrons. The van der Waals surface area contributed by atoms with Crippen LogP contribution in [0.1, 0.15) is 48.0 Å². The summed E-state index contributed by atoms with van der Waals surface area (Å²) in [6.45, 7) is 3.99. The van der Waals surface area contributed by atoms with Gasteiger partial charge in [-0.25, -0.2) is 9.59 Å². The van der Waals surface area contributed by atoms with Gasteiger partial charge in [0, 0.05) is 26.7 Å². The number of carbonyl (C=O) groups is 6. The Morgan fingerprint density at radius 3 is 1.74 bits per heavy atom. The van der Waals surface area contributed by atoms with Crippen molar-refractivity contribution < 1.29 is 57.2 Å². The molecule has 0 amide bonds. The maximum absolute atomic E-state index is 11.3. The summed E-state index contributed by atoms with van der Waals surface area (Å²) >= 11 is 0. The highest BCUT2D eigenvalue weighted by atomic mass is 16.6. The second-order valence-corrected chi connectivity index (χ2v) is 5.76. The number of ketones is 2. The third-order valence-corrected chi connectivity index (χ3v) is 3.09. The zero-order chi connectivity index (χ0) is 24.6. The standard InChI is InChI=1S/C12H20O7.C8H12O5.2CH4/c1-3-17-6-7-18-11(14)5-4-10(13)8-19-12(15)9-16-2;1-2-12-6-8(11)13-5-7(10)3-4-9;;/h3-9H2,1-2H3;4H,2-3,5-6H2,1H3;2*1H4. The first-order valence-corrected chi connectivity index (χ1v) is 9.88. The molecule has 0 rings (SSSR count). The van der Waals surface area contributed by atoms with Crippen LogP contribution in [0.15, 0.2) is 0 Å². The fourth-order valence-electron chi connectivity index (χ4n) is 1.61. The quantitative estimate of drug-likeness (QED) is 0.0876. The Morgan fingerprint density at radius 2 is 1.21 bits per heavy atom. The lowest BCUT2D eigenvalue weighted by molar-refractivity contribution is -0.152. The highest BCUT2D eigenvalue weighted by Crippen LogP contribution is 1.96. The van der Waals surface area contributed by atoms with E-state index in [0.717, 1.165) is 0 Å². The van der Waals surface area contributed by atoms with Crippen molar-refractivity contribution in [3.63, 3.8) is 0 Å². The first kappa shape index (κ1) is 38.6. The number of hydrogen-bond acceptors (Lipinski definition) is 12. The number of methoxy groups -OCH3 is 1. The SMILES string of the molecule is C.C.CCOCC(=O)OCC(=O)CC=O.CCOCCOC(=O)CCC(=O)COC(=O)COC. The van der Waals surface area contributed by atoms with Gasteiger partial charge in [-0.05, 0) is 13.8 Å². The molecule has 0 saturated heterocycles. The predicted molar refractivity (Wildman–Crippen MR) is 121 cm³/mol. The number of hydrogen-bond donors (Lipinski definition) is 0. The van der Waals surface area contributed by atoms with Crippen molar-refractivity contribution in [2.75, 3.05) is 60.0 Å². The van der Waals surface area contributed by atoms with E-state index in [1.54, 1.807) is 6.92 Å². The molecule has 0 radical (unpaired) electrons. The third kappa shape index (κ3) is 29.3. The molecule has 0 heterocycles. The topological polar surface area (TPSA) is 158 Å². The van der Waals surface area contributed by atoms with Gasteiger partial charge in [0.1, 0.15) is 32.7 Å². The molecule has 0 unspecified atom stereocenters. The Hall–Kier alpha value is -2.70. The predicted octanol–water partition coefficient (Wildman–Crippen LogP) is 1.10. The average molecular weight is 497 g/mol. The molecule has 12 heteroatoms. The number of rotatable bonds is 18. The number of esters is 3. The summed E-state index contributed by atoms with van der Waals surface area (Å²) in [5.41, 5.74) is 0. The minimum absolute atomic E-state index is 0. The molecule has 12 nitrogen and oxygen atoms in total. The van der Waals surface area contributed by atoms with Gasteiger partial charge in [0.25, 0.3) is 0 Å². The van der Waals surface area contributed by atoms with Crippen LogP contribution in [-0.4, -0.2) is 95.7 Å². The molecule has 0 aliphatic heterocycles. The highest BCUT2D eigenvalue weighted by Gasteiger charge is 2.11. The molecule has 0 N–H and O–H groups in total. The molecule has 0 saturated carbocycles. The lowest BCUT2D eigenvalue weighted by Crippen LogP contribution is -2.18. The largest absolute Gasteiger partial charge is 0.463 e. The van der Waals surface area contributed by atoms with E-state index in [1.807, 2.05) is 6.92 Å². The summed E-state index contributed by atoms with van der Waals surface area (Å²) in [6, 6.07) is 0. The monoisotopic (exact) mass is 496 g/mol. The number of carbonyl (C=O) groups excluding carboxylic acids is 6. The average Bonchev–Trinajstić information content (AvgIpc) is 2.77. The van der Waals surface area contributed by atoms with Crippen LogP contribution >= 0.6 is 0 Å². The summed E-state index contributed by atoms with van der Waals surface area (Å²) in [4.78, 5) is 64.6. The minimum Gasteiger partial charge on any atom is -0.463 e. The highest BCUT2D eigenvalue weighted by molar-refractivity contribution is 5.91. The van der Waals surface area contributed by atoms with Gasteiger partial charge in [0.15, 0.2) is 18.2 Å². The molecule has 0 aliphatic rings. The van der Waals surface area contributed by atoms with Crippen LogP contribution in [0.4, 0.5) is 0 Å². The number of Topliss-reactive ketones (excluding diaryl/α,β-unsaturated/α-hetero) is 2. The van der Waals surface area contributed by atoms with Gasteiger partial charge < -0.3 is 33.2 Å². The minimum atomic E-state index is -0.616. The molecular weight excluding hydrogens is 456 g/mol. The van der Waals surface area contributed by atoms with E-state index >= 15 is 0 Å². The molecule has 0 aromatic rings. The Balaban J connectivity index is -0.000000266. The van der Waals surface area contributed by atoms with Crippen molar-refractivity contribution in [3.05, 3.63) is 0 Å². The van der Waals surface area contributed by atoms with Crippen molar-refractivity contribution in [2.24, 2.45) is 0 Å².